The van der Waals surface area contributed by atoms with Gasteiger partial charge in [0.2, 0.25) is 0 Å². The minimum atomic E-state index is -0.991. The average molecular weight is 343 g/mol. The highest BCUT2D eigenvalue weighted by molar-refractivity contribution is 5.85. The zero-order valence-corrected chi connectivity index (χ0v) is 13.5. The molecule has 2 aromatic heterocycles. The van der Waals surface area contributed by atoms with Crippen molar-refractivity contribution in [1.29, 1.82) is 0 Å². The van der Waals surface area contributed by atoms with Crippen LogP contribution in [0.2, 0.25) is 0 Å². The van der Waals surface area contributed by atoms with Crippen molar-refractivity contribution < 1.29 is 14.8 Å². The van der Waals surface area contributed by atoms with Gasteiger partial charge < -0.3 is 19.4 Å². The Morgan fingerprint density at radius 2 is 2.20 bits per heavy atom. The molecular weight excluding hydrogens is 326 g/mol. The molecule has 0 amide bonds. The average Bonchev–Trinajstić information content (AvgIpc) is 3.04. The lowest BCUT2D eigenvalue weighted by Gasteiger charge is -2.14. The number of benzene rings is 1. The first-order valence-electron chi connectivity index (χ1n) is 7.68. The van der Waals surface area contributed by atoms with E-state index in [0.717, 1.165) is 21.7 Å². The molecule has 130 valence electrons. The molecule has 2 N–H and O–H groups in total. The van der Waals surface area contributed by atoms with Crippen LogP contribution in [0, 0.1) is 17.0 Å². The van der Waals surface area contributed by atoms with Crippen LogP contribution >= 0.6 is 0 Å². The monoisotopic (exact) mass is 343 g/mol. The number of hydrogen-bond acceptors (Lipinski definition) is 5. The number of nitrogens with zero attached hydrogens (tertiary/aromatic N) is 2. The molecule has 0 aliphatic rings. The van der Waals surface area contributed by atoms with Crippen LogP contribution in [-0.2, 0) is 6.54 Å². The molecule has 25 heavy (non-hydrogen) atoms. The number of pyridine rings is 1. The second-order valence-corrected chi connectivity index (χ2v) is 5.75. The number of aliphatic hydroxyl groups is 1. The summed E-state index contributed by atoms with van der Waals surface area (Å²) in [5.74, 6) is 0.611. The molecule has 8 nitrogen and oxygen atoms in total. The lowest BCUT2D eigenvalue weighted by molar-refractivity contribution is -0.386. The first-order chi connectivity index (χ1) is 12.0. The molecule has 0 fully saturated rings. The van der Waals surface area contributed by atoms with Gasteiger partial charge in [-0.3, -0.25) is 14.9 Å². The van der Waals surface area contributed by atoms with Crippen molar-refractivity contribution in [2.24, 2.45) is 0 Å². The standard InChI is InChI=1S/C17H17N3O5/c1-11-7-17(22)19(9-15(11)20(23)24)8-12(21)10-25-16-4-2-3-14-13(16)5-6-18-14/h2-7,9,12,18,21H,8,10H2,1H3. The summed E-state index contributed by atoms with van der Waals surface area (Å²) in [7, 11) is 0. The normalized spacial score (nSPS) is 12.2. The van der Waals surface area contributed by atoms with E-state index in [9.17, 15) is 20.0 Å². The SMILES string of the molecule is Cc1cc(=O)n(CC(O)COc2cccc3[nH]ccc23)cc1[N+](=O)[O-]. The number of aromatic nitrogens is 2. The molecule has 0 saturated carbocycles. The van der Waals surface area contributed by atoms with Gasteiger partial charge >= 0.3 is 0 Å². The third-order valence-corrected chi connectivity index (χ3v) is 3.90. The van der Waals surface area contributed by atoms with E-state index in [0.29, 0.717) is 5.75 Å². The zero-order chi connectivity index (χ0) is 18.0. The first kappa shape index (κ1) is 16.7. The molecule has 3 aromatic rings. The first-order valence-corrected chi connectivity index (χ1v) is 7.68. The number of nitrogens with one attached hydrogen (secondary N) is 1. The van der Waals surface area contributed by atoms with Gasteiger partial charge in [0.05, 0.1) is 17.7 Å². The highest BCUT2D eigenvalue weighted by Crippen LogP contribution is 2.24. The largest absolute Gasteiger partial charge is 0.490 e. The summed E-state index contributed by atoms with van der Waals surface area (Å²) < 4.78 is 6.75. The van der Waals surface area contributed by atoms with Gasteiger partial charge in [-0.1, -0.05) is 6.07 Å². The van der Waals surface area contributed by atoms with E-state index < -0.39 is 16.6 Å². The number of ether oxygens (including phenoxy) is 1. The van der Waals surface area contributed by atoms with Gasteiger partial charge in [-0.2, -0.15) is 0 Å². The van der Waals surface area contributed by atoms with Gasteiger partial charge in [-0.15, -0.1) is 0 Å². The number of hydrogen-bond donors (Lipinski definition) is 2. The molecule has 0 saturated heterocycles. The van der Waals surface area contributed by atoms with E-state index >= 15 is 0 Å². The summed E-state index contributed by atoms with van der Waals surface area (Å²) in [6.07, 6.45) is 1.95. The molecule has 0 aliphatic heterocycles. The maximum Gasteiger partial charge on any atom is 0.288 e. The van der Waals surface area contributed by atoms with Crippen LogP contribution < -0.4 is 10.3 Å². The molecule has 3 rings (SSSR count). The summed E-state index contributed by atoms with van der Waals surface area (Å²) in [5.41, 5.74) is 0.633. The lowest BCUT2D eigenvalue weighted by Crippen LogP contribution is -2.30. The number of H-pyrrole nitrogens is 1. The van der Waals surface area contributed by atoms with Crippen molar-refractivity contribution in [2.45, 2.75) is 19.6 Å². The van der Waals surface area contributed by atoms with Crippen molar-refractivity contribution in [3.05, 3.63) is 68.8 Å². The molecular formula is C17H17N3O5. The Bertz CT molecular complexity index is 976. The van der Waals surface area contributed by atoms with Crippen LogP contribution in [0.5, 0.6) is 5.75 Å². The number of rotatable bonds is 6. The zero-order valence-electron chi connectivity index (χ0n) is 13.5. The van der Waals surface area contributed by atoms with Gasteiger partial charge in [0, 0.05) is 28.7 Å². The minimum Gasteiger partial charge on any atom is -0.490 e. The van der Waals surface area contributed by atoms with Gasteiger partial charge in [0.1, 0.15) is 18.5 Å². The third-order valence-electron chi connectivity index (χ3n) is 3.90. The van der Waals surface area contributed by atoms with E-state index in [4.69, 9.17) is 4.74 Å². The molecule has 0 radical (unpaired) electrons. The molecule has 0 bridgehead atoms. The fourth-order valence-electron chi connectivity index (χ4n) is 2.64. The highest BCUT2D eigenvalue weighted by Gasteiger charge is 2.16. The fraction of sp³-hybridized carbons (Fsp3) is 0.235. The van der Waals surface area contributed by atoms with Crippen LogP contribution in [0.4, 0.5) is 5.69 Å². The van der Waals surface area contributed by atoms with E-state index in [1.54, 1.807) is 12.3 Å². The fourth-order valence-corrected chi connectivity index (χ4v) is 2.64. The molecule has 0 spiro atoms. The maximum absolute atomic E-state index is 11.9. The number of fused-ring (bicyclic) bond motifs is 1. The van der Waals surface area contributed by atoms with Crippen molar-refractivity contribution in [1.82, 2.24) is 9.55 Å². The van der Waals surface area contributed by atoms with E-state index in [1.807, 2.05) is 18.2 Å². The van der Waals surface area contributed by atoms with Crippen LogP contribution in [0.1, 0.15) is 5.56 Å². The Balaban J connectivity index is 1.72. The summed E-state index contributed by atoms with van der Waals surface area (Å²) in [5, 5.41) is 22.0. The molecule has 2 heterocycles. The highest BCUT2D eigenvalue weighted by atomic mass is 16.6. The summed E-state index contributed by atoms with van der Waals surface area (Å²) in [6.45, 7) is 1.36. The van der Waals surface area contributed by atoms with Gasteiger partial charge in [-0.25, -0.2) is 0 Å². The Hall–Kier alpha value is -3.13. The van der Waals surface area contributed by atoms with E-state index in [2.05, 4.69) is 4.98 Å². The second kappa shape index (κ2) is 6.78. The quantitative estimate of drug-likeness (QED) is 0.525. The van der Waals surface area contributed by atoms with Gasteiger partial charge in [-0.05, 0) is 25.1 Å². The van der Waals surface area contributed by atoms with Crippen molar-refractivity contribution in [3.63, 3.8) is 0 Å². The molecule has 8 heteroatoms. The van der Waals surface area contributed by atoms with Crippen LogP contribution in [-0.4, -0.2) is 32.3 Å². The second-order valence-electron chi connectivity index (χ2n) is 5.75. The predicted molar refractivity (Wildman–Crippen MR) is 91.9 cm³/mol. The maximum atomic E-state index is 11.9. The Morgan fingerprint density at radius 1 is 1.40 bits per heavy atom. The van der Waals surface area contributed by atoms with Crippen LogP contribution in [0.25, 0.3) is 10.9 Å². The van der Waals surface area contributed by atoms with Gasteiger partial charge in [0.25, 0.3) is 11.2 Å². The summed E-state index contributed by atoms with van der Waals surface area (Å²) in [4.78, 5) is 25.4. The number of nitro groups is 1. The predicted octanol–water partition coefficient (Wildman–Crippen LogP) is 1.99. The van der Waals surface area contributed by atoms with Gasteiger partial charge in [0.15, 0.2) is 0 Å². The minimum absolute atomic E-state index is 0.0432. The molecule has 1 atom stereocenters. The summed E-state index contributed by atoms with van der Waals surface area (Å²) in [6, 6.07) is 8.57. The summed E-state index contributed by atoms with van der Waals surface area (Å²) >= 11 is 0. The molecule has 0 aliphatic carbocycles. The third kappa shape index (κ3) is 3.53. The topological polar surface area (TPSA) is 110 Å². The Kier molecular flexibility index (Phi) is 4.53. The Morgan fingerprint density at radius 3 is 2.96 bits per heavy atom. The smallest absolute Gasteiger partial charge is 0.288 e. The van der Waals surface area contributed by atoms with Crippen molar-refractivity contribution in [2.75, 3.05) is 6.61 Å². The Labute approximate surface area is 142 Å². The van der Waals surface area contributed by atoms with Crippen LogP contribution in [0.15, 0.2) is 47.5 Å². The van der Waals surface area contributed by atoms with E-state index in [-0.39, 0.29) is 24.4 Å². The van der Waals surface area contributed by atoms with Crippen molar-refractivity contribution in [3.8, 4) is 5.75 Å². The lowest BCUT2D eigenvalue weighted by atomic mass is 10.2. The van der Waals surface area contributed by atoms with Crippen molar-refractivity contribution >= 4 is 16.6 Å². The number of aliphatic hydroxyl groups excluding tert-OH is 1. The van der Waals surface area contributed by atoms with E-state index in [1.165, 1.54) is 13.0 Å². The molecule has 1 aromatic carbocycles. The number of aromatic amines is 1. The van der Waals surface area contributed by atoms with Crippen LogP contribution in [0.3, 0.4) is 0 Å². The number of aryl methyl sites for hydroxylation is 1. The molecule has 1 unspecified atom stereocenters.